The molecule has 1 aliphatic carbocycles. The van der Waals surface area contributed by atoms with E-state index in [2.05, 4.69) is 18.7 Å². The Balaban J connectivity index is 1.87. The molecule has 2 atom stereocenters. The predicted molar refractivity (Wildman–Crippen MR) is 47.7 cm³/mol. The summed E-state index contributed by atoms with van der Waals surface area (Å²) < 4.78 is 0. The Hall–Kier alpha value is -0.530. The van der Waals surface area contributed by atoms with E-state index < -0.39 is 0 Å². The number of amides is 1. The lowest BCUT2D eigenvalue weighted by Crippen LogP contribution is -2.31. The van der Waals surface area contributed by atoms with E-state index in [1.807, 2.05) is 0 Å². The van der Waals surface area contributed by atoms with Gasteiger partial charge in [0.05, 0.1) is 0 Å². The fraction of sp³-hybridized carbons (Fsp3) is 0.900. The zero-order chi connectivity index (χ0) is 8.72. The second-order valence-corrected chi connectivity index (χ2v) is 4.54. The first-order valence-corrected chi connectivity index (χ1v) is 4.98. The van der Waals surface area contributed by atoms with Gasteiger partial charge in [-0.15, -0.1) is 0 Å². The average molecular weight is 167 g/mol. The van der Waals surface area contributed by atoms with Crippen LogP contribution in [0.15, 0.2) is 0 Å². The van der Waals surface area contributed by atoms with Crippen LogP contribution in [-0.4, -0.2) is 23.4 Å². The molecular formula is C10H17NO. The molecule has 0 bridgehead atoms. The third-order valence-electron chi connectivity index (χ3n) is 2.93. The minimum absolute atomic E-state index is 0.384. The van der Waals surface area contributed by atoms with Gasteiger partial charge in [0.15, 0.2) is 0 Å². The summed E-state index contributed by atoms with van der Waals surface area (Å²) in [5.41, 5.74) is 0. The van der Waals surface area contributed by atoms with Crippen LogP contribution in [0.2, 0.25) is 0 Å². The molecule has 1 amide bonds. The van der Waals surface area contributed by atoms with Gasteiger partial charge in [0.25, 0.3) is 0 Å². The van der Waals surface area contributed by atoms with Crippen LogP contribution >= 0.6 is 0 Å². The molecule has 2 nitrogen and oxygen atoms in total. The van der Waals surface area contributed by atoms with Crippen molar-refractivity contribution in [1.82, 2.24) is 4.90 Å². The molecule has 1 aliphatic heterocycles. The van der Waals surface area contributed by atoms with Gasteiger partial charge in [-0.05, 0) is 24.7 Å². The van der Waals surface area contributed by atoms with E-state index in [1.54, 1.807) is 0 Å². The molecule has 0 spiro atoms. The van der Waals surface area contributed by atoms with Gasteiger partial charge in [-0.2, -0.15) is 0 Å². The van der Waals surface area contributed by atoms with Gasteiger partial charge in [0.2, 0.25) is 5.91 Å². The Morgan fingerprint density at radius 1 is 1.58 bits per heavy atom. The van der Waals surface area contributed by atoms with Crippen LogP contribution in [0, 0.1) is 11.8 Å². The van der Waals surface area contributed by atoms with Crippen LogP contribution < -0.4 is 0 Å². The van der Waals surface area contributed by atoms with Gasteiger partial charge in [0.1, 0.15) is 0 Å². The Bertz CT molecular complexity index is 200. The monoisotopic (exact) mass is 167 g/mol. The smallest absolute Gasteiger partial charge is 0.223 e. The van der Waals surface area contributed by atoms with Gasteiger partial charge in [-0.25, -0.2) is 0 Å². The van der Waals surface area contributed by atoms with Crippen molar-refractivity contribution < 1.29 is 4.79 Å². The average Bonchev–Trinajstić information content (AvgIpc) is 2.61. The molecule has 2 heteroatoms. The van der Waals surface area contributed by atoms with Gasteiger partial charge in [0, 0.05) is 19.0 Å². The number of rotatable bonds is 2. The fourth-order valence-corrected chi connectivity index (χ4v) is 2.17. The van der Waals surface area contributed by atoms with Crippen molar-refractivity contribution in [2.45, 2.75) is 39.2 Å². The molecule has 2 aliphatic rings. The predicted octanol–water partition coefficient (Wildman–Crippen LogP) is 1.65. The molecule has 0 radical (unpaired) electrons. The summed E-state index contributed by atoms with van der Waals surface area (Å²) in [4.78, 5) is 13.7. The number of carbonyl (C=O) groups is 1. The number of fused-ring (bicyclic) bond motifs is 1. The number of carbonyl (C=O) groups excluding carboxylic acids is 1. The summed E-state index contributed by atoms with van der Waals surface area (Å²) in [5.74, 6) is 1.77. The molecule has 1 saturated heterocycles. The van der Waals surface area contributed by atoms with Crippen LogP contribution in [0.25, 0.3) is 0 Å². The highest BCUT2D eigenvalue weighted by Gasteiger charge is 2.48. The minimum atomic E-state index is 0.384. The molecule has 0 aromatic heterocycles. The van der Waals surface area contributed by atoms with E-state index in [1.165, 1.54) is 12.8 Å². The maximum atomic E-state index is 11.6. The van der Waals surface area contributed by atoms with Crippen LogP contribution in [0.4, 0.5) is 0 Å². The lowest BCUT2D eigenvalue weighted by Gasteiger charge is -2.18. The number of likely N-dealkylation sites (tertiary alicyclic amines) is 1. The second-order valence-electron chi connectivity index (χ2n) is 4.54. The standard InChI is InChI=1S/C10H17NO/c1-7(2)5-10(12)11-4-3-8-6-9(8)11/h7-9H,3-6H2,1-2H3/t8-,9+/m0/s1. The van der Waals surface area contributed by atoms with E-state index in [9.17, 15) is 4.79 Å². The van der Waals surface area contributed by atoms with Gasteiger partial charge >= 0.3 is 0 Å². The SMILES string of the molecule is CC(C)CC(=O)N1CC[C@H]2C[C@H]21. The van der Waals surface area contributed by atoms with Crippen LogP contribution in [0.3, 0.4) is 0 Å². The van der Waals surface area contributed by atoms with E-state index >= 15 is 0 Å². The Kier molecular flexibility index (Phi) is 1.85. The zero-order valence-electron chi connectivity index (χ0n) is 7.92. The summed E-state index contributed by atoms with van der Waals surface area (Å²) in [7, 11) is 0. The Labute approximate surface area is 73.9 Å². The first-order chi connectivity index (χ1) is 5.68. The van der Waals surface area contributed by atoms with Crippen molar-refractivity contribution >= 4 is 5.91 Å². The summed E-state index contributed by atoms with van der Waals surface area (Å²) in [6.07, 6.45) is 3.28. The molecule has 0 aromatic rings. The van der Waals surface area contributed by atoms with E-state index in [4.69, 9.17) is 0 Å². The van der Waals surface area contributed by atoms with Crippen molar-refractivity contribution in [3.63, 3.8) is 0 Å². The van der Waals surface area contributed by atoms with Crippen molar-refractivity contribution in [1.29, 1.82) is 0 Å². The van der Waals surface area contributed by atoms with Crippen molar-refractivity contribution in [2.24, 2.45) is 11.8 Å². The molecule has 2 rings (SSSR count). The van der Waals surface area contributed by atoms with Gasteiger partial charge < -0.3 is 4.90 Å². The topological polar surface area (TPSA) is 20.3 Å². The van der Waals surface area contributed by atoms with Crippen LogP contribution in [0.1, 0.15) is 33.1 Å². The first-order valence-electron chi connectivity index (χ1n) is 4.98. The first kappa shape index (κ1) is 8.09. The normalized spacial score (nSPS) is 32.4. The lowest BCUT2D eigenvalue weighted by molar-refractivity contribution is -0.131. The van der Waals surface area contributed by atoms with E-state index in [0.717, 1.165) is 18.9 Å². The van der Waals surface area contributed by atoms with Crippen molar-refractivity contribution in [3.8, 4) is 0 Å². The molecule has 68 valence electrons. The fourth-order valence-electron chi connectivity index (χ4n) is 2.17. The number of piperidine rings is 1. The maximum Gasteiger partial charge on any atom is 0.223 e. The molecule has 0 unspecified atom stereocenters. The molecule has 2 fully saturated rings. The number of nitrogens with zero attached hydrogens (tertiary/aromatic N) is 1. The summed E-state index contributed by atoms with van der Waals surface area (Å²) in [6, 6.07) is 0.649. The van der Waals surface area contributed by atoms with Gasteiger partial charge in [-0.1, -0.05) is 13.8 Å². The zero-order valence-corrected chi connectivity index (χ0v) is 7.92. The second kappa shape index (κ2) is 2.75. The quantitative estimate of drug-likeness (QED) is 0.612. The molecule has 12 heavy (non-hydrogen) atoms. The number of hydrogen-bond donors (Lipinski definition) is 0. The molecule has 1 saturated carbocycles. The maximum absolute atomic E-state index is 11.6. The minimum Gasteiger partial charge on any atom is -0.339 e. The highest BCUT2D eigenvalue weighted by Crippen LogP contribution is 2.44. The van der Waals surface area contributed by atoms with Crippen LogP contribution in [0.5, 0.6) is 0 Å². The third-order valence-corrected chi connectivity index (χ3v) is 2.93. The summed E-state index contributed by atoms with van der Waals surface area (Å²) in [6.45, 7) is 5.25. The summed E-state index contributed by atoms with van der Waals surface area (Å²) >= 11 is 0. The largest absolute Gasteiger partial charge is 0.339 e. The lowest BCUT2D eigenvalue weighted by atomic mass is 10.1. The Morgan fingerprint density at radius 3 is 2.75 bits per heavy atom. The van der Waals surface area contributed by atoms with Crippen molar-refractivity contribution in [3.05, 3.63) is 0 Å². The van der Waals surface area contributed by atoms with E-state index in [0.29, 0.717) is 17.9 Å². The van der Waals surface area contributed by atoms with Crippen LogP contribution in [-0.2, 0) is 4.79 Å². The highest BCUT2D eigenvalue weighted by molar-refractivity contribution is 5.77. The number of hydrogen-bond acceptors (Lipinski definition) is 1. The highest BCUT2D eigenvalue weighted by atomic mass is 16.2. The molecular weight excluding hydrogens is 150 g/mol. The van der Waals surface area contributed by atoms with Crippen molar-refractivity contribution in [2.75, 3.05) is 6.54 Å². The third kappa shape index (κ3) is 1.35. The van der Waals surface area contributed by atoms with Gasteiger partial charge in [-0.3, -0.25) is 4.79 Å². The molecule has 1 heterocycles. The summed E-state index contributed by atoms with van der Waals surface area (Å²) in [5, 5.41) is 0. The Morgan fingerprint density at radius 2 is 2.33 bits per heavy atom. The van der Waals surface area contributed by atoms with E-state index in [-0.39, 0.29) is 0 Å². The molecule has 0 aromatic carbocycles. The molecule has 0 N–H and O–H groups in total.